The Morgan fingerprint density at radius 3 is 2.36 bits per heavy atom. The van der Waals surface area contributed by atoms with Crippen molar-refractivity contribution in [3.05, 3.63) is 57.0 Å². The van der Waals surface area contributed by atoms with Gasteiger partial charge in [0.25, 0.3) is 0 Å². The lowest BCUT2D eigenvalue weighted by Gasteiger charge is -2.15. The lowest BCUT2D eigenvalue weighted by molar-refractivity contribution is 0.282. The van der Waals surface area contributed by atoms with Crippen molar-refractivity contribution in [3.8, 4) is 11.5 Å². The molecule has 0 amide bonds. The maximum absolute atomic E-state index is 5.97. The molecule has 0 bridgehead atoms. The van der Waals surface area contributed by atoms with Crippen LogP contribution >= 0.6 is 52.3 Å². The van der Waals surface area contributed by atoms with Gasteiger partial charge in [-0.3, -0.25) is 0 Å². The molecule has 0 aliphatic carbocycles. The SMILES string of the molecule is COc1cc(CNCCCN(C)C)cc(Br)c1OCc1ccc(Cl)cc1.Cl.Cl. The average molecular weight is 515 g/mol. The second-order valence-electron chi connectivity index (χ2n) is 6.36. The highest BCUT2D eigenvalue weighted by Crippen LogP contribution is 2.37. The summed E-state index contributed by atoms with van der Waals surface area (Å²) in [6.07, 6.45) is 1.12. The minimum absolute atomic E-state index is 0. The van der Waals surface area contributed by atoms with Crippen LogP contribution in [0.3, 0.4) is 0 Å². The first kappa shape index (κ1) is 27.3. The van der Waals surface area contributed by atoms with Crippen LogP contribution < -0.4 is 14.8 Å². The van der Waals surface area contributed by atoms with E-state index in [1.807, 2.05) is 30.3 Å². The Morgan fingerprint density at radius 2 is 1.75 bits per heavy atom. The molecule has 0 unspecified atom stereocenters. The molecule has 1 N–H and O–H groups in total. The van der Waals surface area contributed by atoms with Crippen LogP contribution in [0.5, 0.6) is 11.5 Å². The fraction of sp³-hybridized carbons (Fsp3) is 0.400. The molecule has 0 aliphatic heterocycles. The highest BCUT2D eigenvalue weighted by molar-refractivity contribution is 9.10. The number of rotatable bonds is 10. The standard InChI is InChI=1S/C20H26BrClN2O2.2ClH/c1-24(2)10-4-9-23-13-16-11-18(21)20(19(12-16)25-3)26-14-15-5-7-17(22)8-6-15;;/h5-8,11-12,23H,4,9-10,13-14H2,1-3H3;2*1H. The van der Waals surface area contributed by atoms with Gasteiger partial charge in [0.15, 0.2) is 11.5 Å². The van der Waals surface area contributed by atoms with Gasteiger partial charge in [-0.2, -0.15) is 0 Å². The Hall–Kier alpha value is -0.690. The van der Waals surface area contributed by atoms with E-state index < -0.39 is 0 Å². The van der Waals surface area contributed by atoms with Gasteiger partial charge in [-0.15, -0.1) is 24.8 Å². The summed E-state index contributed by atoms with van der Waals surface area (Å²) in [7, 11) is 5.83. The summed E-state index contributed by atoms with van der Waals surface area (Å²) in [5, 5.41) is 4.18. The fourth-order valence-electron chi connectivity index (χ4n) is 2.50. The molecule has 4 nitrogen and oxygen atoms in total. The molecule has 28 heavy (non-hydrogen) atoms. The third kappa shape index (κ3) is 9.21. The average Bonchev–Trinajstić information content (AvgIpc) is 2.61. The topological polar surface area (TPSA) is 33.7 Å². The summed E-state index contributed by atoms with van der Waals surface area (Å²) in [5.41, 5.74) is 2.20. The molecule has 0 atom stereocenters. The molecule has 2 aromatic carbocycles. The number of nitrogens with zero attached hydrogens (tertiary/aromatic N) is 1. The second-order valence-corrected chi connectivity index (χ2v) is 7.65. The number of nitrogens with one attached hydrogen (secondary N) is 1. The van der Waals surface area contributed by atoms with Crippen molar-refractivity contribution in [1.29, 1.82) is 0 Å². The first-order chi connectivity index (χ1) is 12.5. The second kappa shape index (κ2) is 14.3. The molecule has 158 valence electrons. The van der Waals surface area contributed by atoms with Crippen molar-refractivity contribution in [2.75, 3.05) is 34.3 Å². The van der Waals surface area contributed by atoms with Crippen LogP contribution in [0.4, 0.5) is 0 Å². The number of ether oxygens (including phenoxy) is 2. The molecule has 2 aromatic rings. The first-order valence-electron chi connectivity index (χ1n) is 8.58. The van der Waals surface area contributed by atoms with E-state index in [0.717, 1.165) is 52.4 Å². The van der Waals surface area contributed by atoms with E-state index in [0.29, 0.717) is 12.4 Å². The Kier molecular flexibility index (Phi) is 14.0. The van der Waals surface area contributed by atoms with E-state index in [2.05, 4.69) is 46.3 Å². The van der Waals surface area contributed by atoms with Gasteiger partial charge in [-0.25, -0.2) is 0 Å². The predicted octanol–water partition coefficient (Wildman–Crippen LogP) is 5.58. The number of hydrogen-bond donors (Lipinski definition) is 1. The summed E-state index contributed by atoms with van der Waals surface area (Å²) in [4.78, 5) is 2.19. The molecule has 0 heterocycles. The highest BCUT2D eigenvalue weighted by Gasteiger charge is 2.12. The largest absolute Gasteiger partial charge is 0.493 e. The third-order valence-corrected chi connectivity index (χ3v) is 4.71. The van der Waals surface area contributed by atoms with Crippen molar-refractivity contribution in [2.45, 2.75) is 19.6 Å². The summed E-state index contributed by atoms with van der Waals surface area (Å²) < 4.78 is 12.4. The molecule has 0 saturated carbocycles. The molecule has 0 aromatic heterocycles. The van der Waals surface area contributed by atoms with Crippen LogP contribution in [-0.2, 0) is 13.2 Å². The Balaban J connectivity index is 0.00000364. The molecule has 0 radical (unpaired) electrons. The van der Waals surface area contributed by atoms with Crippen molar-refractivity contribution < 1.29 is 9.47 Å². The summed E-state index contributed by atoms with van der Waals surface area (Å²) in [6.45, 7) is 3.30. The van der Waals surface area contributed by atoms with Gasteiger partial charge in [-0.05, 0) is 84.9 Å². The van der Waals surface area contributed by atoms with Gasteiger partial charge in [0.2, 0.25) is 0 Å². The van der Waals surface area contributed by atoms with Crippen molar-refractivity contribution in [2.24, 2.45) is 0 Å². The molecule has 2 rings (SSSR count). The number of halogens is 4. The van der Waals surface area contributed by atoms with E-state index in [4.69, 9.17) is 21.1 Å². The summed E-state index contributed by atoms with van der Waals surface area (Å²) >= 11 is 9.52. The molecule has 0 fully saturated rings. The van der Waals surface area contributed by atoms with E-state index in [1.54, 1.807) is 7.11 Å². The zero-order chi connectivity index (χ0) is 18.9. The molecular formula is C20H28BrCl3N2O2. The fourth-order valence-corrected chi connectivity index (χ4v) is 3.23. The smallest absolute Gasteiger partial charge is 0.175 e. The first-order valence-corrected chi connectivity index (χ1v) is 9.76. The van der Waals surface area contributed by atoms with Crippen molar-refractivity contribution in [1.82, 2.24) is 10.2 Å². The number of hydrogen-bond acceptors (Lipinski definition) is 4. The van der Waals surface area contributed by atoms with Crippen LogP contribution in [-0.4, -0.2) is 39.2 Å². The van der Waals surface area contributed by atoms with Crippen LogP contribution in [0.25, 0.3) is 0 Å². The van der Waals surface area contributed by atoms with Crippen LogP contribution in [0.2, 0.25) is 5.02 Å². The molecular weight excluding hydrogens is 486 g/mol. The third-order valence-electron chi connectivity index (χ3n) is 3.87. The Labute approximate surface area is 193 Å². The van der Waals surface area contributed by atoms with Gasteiger partial charge in [0.1, 0.15) is 6.61 Å². The molecule has 0 spiro atoms. The van der Waals surface area contributed by atoms with Gasteiger partial charge in [0, 0.05) is 11.6 Å². The zero-order valence-corrected chi connectivity index (χ0v) is 20.3. The van der Waals surface area contributed by atoms with Crippen molar-refractivity contribution in [3.63, 3.8) is 0 Å². The van der Waals surface area contributed by atoms with Gasteiger partial charge in [-0.1, -0.05) is 23.7 Å². The van der Waals surface area contributed by atoms with E-state index >= 15 is 0 Å². The molecule has 0 saturated heterocycles. The minimum atomic E-state index is 0. The summed E-state index contributed by atoms with van der Waals surface area (Å²) in [6, 6.07) is 11.7. The monoisotopic (exact) mass is 512 g/mol. The van der Waals surface area contributed by atoms with Crippen LogP contribution in [0.1, 0.15) is 17.5 Å². The normalized spacial score (nSPS) is 10.2. The van der Waals surface area contributed by atoms with E-state index in [-0.39, 0.29) is 24.8 Å². The number of methoxy groups -OCH3 is 1. The highest BCUT2D eigenvalue weighted by atomic mass is 79.9. The Bertz CT molecular complexity index is 701. The minimum Gasteiger partial charge on any atom is -0.493 e. The van der Waals surface area contributed by atoms with Crippen LogP contribution in [0.15, 0.2) is 40.9 Å². The maximum atomic E-state index is 5.97. The lowest BCUT2D eigenvalue weighted by Crippen LogP contribution is -2.21. The molecule has 0 aliphatic rings. The van der Waals surface area contributed by atoms with Gasteiger partial charge in [0.05, 0.1) is 11.6 Å². The zero-order valence-electron chi connectivity index (χ0n) is 16.3. The van der Waals surface area contributed by atoms with Gasteiger partial charge >= 0.3 is 0 Å². The number of benzene rings is 2. The quantitative estimate of drug-likeness (QED) is 0.420. The lowest BCUT2D eigenvalue weighted by atomic mass is 10.2. The maximum Gasteiger partial charge on any atom is 0.175 e. The van der Waals surface area contributed by atoms with Crippen molar-refractivity contribution >= 4 is 52.3 Å². The van der Waals surface area contributed by atoms with Gasteiger partial charge < -0.3 is 19.7 Å². The summed E-state index contributed by atoms with van der Waals surface area (Å²) in [5.74, 6) is 1.43. The van der Waals surface area contributed by atoms with E-state index in [1.165, 1.54) is 0 Å². The predicted molar refractivity (Wildman–Crippen MR) is 126 cm³/mol. The van der Waals surface area contributed by atoms with Crippen LogP contribution in [0, 0.1) is 0 Å². The Morgan fingerprint density at radius 1 is 1.07 bits per heavy atom. The molecule has 8 heteroatoms. The van der Waals surface area contributed by atoms with E-state index in [9.17, 15) is 0 Å².